The molecule has 0 saturated heterocycles. The third-order valence-electron chi connectivity index (χ3n) is 2.29. The molecule has 1 N–H and O–H groups in total. The van der Waals surface area contributed by atoms with Crippen LogP contribution in [0, 0.1) is 0 Å². The summed E-state index contributed by atoms with van der Waals surface area (Å²) in [6.45, 7) is 6.50. The lowest BCUT2D eigenvalue weighted by molar-refractivity contribution is -0.156. The van der Waals surface area contributed by atoms with E-state index in [1.165, 1.54) is 25.1 Å². The monoisotopic (exact) mass is 353 g/mol. The number of carbonyl (C=O) groups is 1. The van der Waals surface area contributed by atoms with Crippen LogP contribution in [-0.2, 0) is 19.6 Å². The van der Waals surface area contributed by atoms with Crippen molar-refractivity contribution in [3.05, 3.63) is 28.2 Å². The topological polar surface area (TPSA) is 72.5 Å². The minimum absolute atomic E-state index is 0.0766. The molecular weight excluding hydrogens is 337 g/mol. The lowest BCUT2D eigenvalue weighted by atomic mass is 10.2. The third kappa shape index (κ3) is 5.47. The van der Waals surface area contributed by atoms with Gasteiger partial charge in [0.05, 0.1) is 14.9 Å². The quantitative estimate of drug-likeness (QED) is 0.844. The zero-order valence-electron chi connectivity index (χ0n) is 12.1. The van der Waals surface area contributed by atoms with Crippen molar-refractivity contribution in [1.29, 1.82) is 0 Å². The van der Waals surface area contributed by atoms with Gasteiger partial charge in [0.2, 0.25) is 10.0 Å². The number of sulfonamides is 1. The summed E-state index contributed by atoms with van der Waals surface area (Å²) in [7, 11) is -3.89. The Balaban J connectivity index is 2.89. The highest BCUT2D eigenvalue weighted by molar-refractivity contribution is 7.89. The molecule has 0 fully saturated rings. The van der Waals surface area contributed by atoms with Crippen molar-refractivity contribution >= 4 is 39.2 Å². The predicted molar refractivity (Wildman–Crippen MR) is 82.1 cm³/mol. The molecule has 0 saturated carbocycles. The molecule has 1 rings (SSSR count). The number of ether oxygens (including phenoxy) is 1. The SMILES string of the molecule is C[C@@H](NS(=O)(=O)c1ccc(Cl)c(Cl)c1)C(=O)OC(C)(C)C. The highest BCUT2D eigenvalue weighted by Crippen LogP contribution is 2.24. The van der Waals surface area contributed by atoms with E-state index in [0.717, 1.165) is 0 Å². The number of halogens is 2. The van der Waals surface area contributed by atoms with Crippen molar-refractivity contribution in [1.82, 2.24) is 4.72 Å². The largest absolute Gasteiger partial charge is 0.459 e. The van der Waals surface area contributed by atoms with Gasteiger partial charge in [-0.3, -0.25) is 4.79 Å². The van der Waals surface area contributed by atoms with Crippen molar-refractivity contribution in [3.63, 3.8) is 0 Å². The number of benzene rings is 1. The molecule has 1 aromatic rings. The lowest BCUT2D eigenvalue weighted by Crippen LogP contribution is -2.42. The molecule has 8 heteroatoms. The van der Waals surface area contributed by atoms with Crippen molar-refractivity contribution in [2.24, 2.45) is 0 Å². The van der Waals surface area contributed by atoms with Crippen molar-refractivity contribution in [2.75, 3.05) is 0 Å². The van der Waals surface area contributed by atoms with Crippen LogP contribution in [0.4, 0.5) is 0 Å². The van der Waals surface area contributed by atoms with Crippen molar-refractivity contribution in [3.8, 4) is 0 Å². The fraction of sp³-hybridized carbons (Fsp3) is 0.462. The van der Waals surface area contributed by atoms with E-state index in [4.69, 9.17) is 27.9 Å². The molecule has 0 bridgehead atoms. The summed E-state index contributed by atoms with van der Waals surface area (Å²) in [5.41, 5.74) is -0.694. The van der Waals surface area contributed by atoms with Crippen LogP contribution in [0.3, 0.4) is 0 Å². The van der Waals surface area contributed by atoms with Crippen LogP contribution in [0.15, 0.2) is 23.1 Å². The summed E-state index contributed by atoms with van der Waals surface area (Å²) in [5.74, 6) is -0.661. The predicted octanol–water partition coefficient (Wildman–Crippen LogP) is 3.00. The van der Waals surface area contributed by atoms with Gasteiger partial charge in [0.25, 0.3) is 0 Å². The first kappa shape index (κ1) is 18.2. The number of rotatable bonds is 4. The average Bonchev–Trinajstić information content (AvgIpc) is 2.29. The first-order valence-corrected chi connectivity index (χ1v) is 8.36. The fourth-order valence-electron chi connectivity index (χ4n) is 1.38. The summed E-state index contributed by atoms with van der Waals surface area (Å²) in [4.78, 5) is 11.7. The third-order valence-corrected chi connectivity index (χ3v) is 4.57. The Morgan fingerprint density at radius 1 is 1.24 bits per heavy atom. The number of carbonyl (C=O) groups excluding carboxylic acids is 1. The highest BCUT2D eigenvalue weighted by atomic mass is 35.5. The van der Waals surface area contributed by atoms with Gasteiger partial charge in [0, 0.05) is 0 Å². The van der Waals surface area contributed by atoms with Crippen LogP contribution in [0.1, 0.15) is 27.7 Å². The molecule has 0 spiro atoms. The van der Waals surface area contributed by atoms with Crippen LogP contribution < -0.4 is 4.72 Å². The van der Waals surface area contributed by atoms with Crippen LogP contribution in [0.5, 0.6) is 0 Å². The molecule has 0 aliphatic carbocycles. The maximum atomic E-state index is 12.2. The normalized spacial score (nSPS) is 13.8. The smallest absolute Gasteiger partial charge is 0.324 e. The number of esters is 1. The van der Waals surface area contributed by atoms with Gasteiger partial charge in [-0.05, 0) is 45.9 Å². The van der Waals surface area contributed by atoms with E-state index in [1.54, 1.807) is 20.8 Å². The van der Waals surface area contributed by atoms with Gasteiger partial charge in [-0.15, -0.1) is 0 Å². The number of hydrogen-bond donors (Lipinski definition) is 1. The zero-order chi connectivity index (χ0) is 16.4. The van der Waals surface area contributed by atoms with Crippen LogP contribution in [-0.4, -0.2) is 26.0 Å². The Kier molecular flexibility index (Phi) is 5.66. The standard InChI is InChI=1S/C13H17Cl2NO4S/c1-8(12(17)20-13(2,3)4)16-21(18,19)9-5-6-10(14)11(15)7-9/h5-8,16H,1-4H3/t8-/m1/s1. The minimum Gasteiger partial charge on any atom is -0.459 e. The second kappa shape index (κ2) is 6.52. The first-order chi connectivity index (χ1) is 9.42. The van der Waals surface area contributed by atoms with Gasteiger partial charge < -0.3 is 4.74 Å². The Hall–Kier alpha value is -0.820. The molecule has 5 nitrogen and oxygen atoms in total. The van der Waals surface area contributed by atoms with Crippen molar-refractivity contribution in [2.45, 2.75) is 44.2 Å². The molecule has 0 aromatic heterocycles. The van der Waals surface area contributed by atoms with E-state index in [1.807, 2.05) is 0 Å². The fourth-order valence-corrected chi connectivity index (χ4v) is 2.96. The summed E-state index contributed by atoms with van der Waals surface area (Å²) >= 11 is 11.5. The van der Waals surface area contributed by atoms with Crippen molar-refractivity contribution < 1.29 is 17.9 Å². The molecular formula is C13H17Cl2NO4S. The van der Waals surface area contributed by atoms with Gasteiger partial charge in [-0.25, -0.2) is 8.42 Å². The second-order valence-corrected chi connectivity index (χ2v) is 7.98. The lowest BCUT2D eigenvalue weighted by Gasteiger charge is -2.22. The summed E-state index contributed by atoms with van der Waals surface area (Å²) in [6.07, 6.45) is 0. The van der Waals surface area contributed by atoms with E-state index in [0.29, 0.717) is 0 Å². The van der Waals surface area contributed by atoms with E-state index >= 15 is 0 Å². The second-order valence-electron chi connectivity index (χ2n) is 5.45. The van der Waals surface area contributed by atoms with Crippen LogP contribution in [0.2, 0.25) is 10.0 Å². The average molecular weight is 354 g/mol. The van der Waals surface area contributed by atoms with E-state index in [-0.39, 0.29) is 14.9 Å². The zero-order valence-corrected chi connectivity index (χ0v) is 14.4. The van der Waals surface area contributed by atoms with Gasteiger partial charge in [0.1, 0.15) is 11.6 Å². The molecule has 0 radical (unpaired) electrons. The Morgan fingerprint density at radius 2 is 1.81 bits per heavy atom. The first-order valence-electron chi connectivity index (χ1n) is 6.12. The molecule has 1 atom stereocenters. The molecule has 0 aliphatic heterocycles. The van der Waals surface area contributed by atoms with Crippen LogP contribution >= 0.6 is 23.2 Å². The van der Waals surface area contributed by atoms with Gasteiger partial charge in [0.15, 0.2) is 0 Å². The van der Waals surface area contributed by atoms with E-state index in [2.05, 4.69) is 4.72 Å². The molecule has 0 heterocycles. The Bertz CT molecular complexity index is 638. The summed E-state index contributed by atoms with van der Waals surface area (Å²) in [5, 5.41) is 0.361. The highest BCUT2D eigenvalue weighted by Gasteiger charge is 2.26. The molecule has 118 valence electrons. The van der Waals surface area contributed by atoms with E-state index in [9.17, 15) is 13.2 Å². The summed E-state index contributed by atoms with van der Waals surface area (Å²) < 4.78 is 31.7. The van der Waals surface area contributed by atoms with Gasteiger partial charge in [-0.2, -0.15) is 4.72 Å². The molecule has 1 aromatic carbocycles. The Labute approximate surface area is 134 Å². The summed E-state index contributed by atoms with van der Waals surface area (Å²) in [6, 6.07) is 2.87. The molecule has 21 heavy (non-hydrogen) atoms. The minimum atomic E-state index is -3.89. The maximum Gasteiger partial charge on any atom is 0.324 e. The van der Waals surface area contributed by atoms with Gasteiger partial charge >= 0.3 is 5.97 Å². The number of hydrogen-bond acceptors (Lipinski definition) is 4. The van der Waals surface area contributed by atoms with Crippen LogP contribution in [0.25, 0.3) is 0 Å². The van der Waals surface area contributed by atoms with E-state index < -0.39 is 27.6 Å². The number of nitrogens with one attached hydrogen (secondary N) is 1. The maximum absolute atomic E-state index is 12.2. The Morgan fingerprint density at radius 3 is 2.29 bits per heavy atom. The van der Waals surface area contributed by atoms with Gasteiger partial charge in [-0.1, -0.05) is 23.2 Å². The molecule has 0 unspecified atom stereocenters. The molecule has 0 amide bonds. The molecule has 0 aliphatic rings.